The van der Waals surface area contributed by atoms with Gasteiger partial charge in [0, 0.05) is 23.3 Å². The molecular formula is C41H54O8. The summed E-state index contributed by atoms with van der Waals surface area (Å²) < 4.78 is 26.6. The SMILES string of the molecule is C=CC(=O)OCCCCCCOc1ccc(C=O)cc1.C=CC(=O)OCCCCCCOc1ccc2c(C=C)c(OC)ccc2c1.CCC. The smallest absolute Gasteiger partial charge is 0.330 e. The molecular weight excluding hydrogens is 620 g/mol. The molecule has 0 aliphatic heterocycles. The van der Waals surface area contributed by atoms with Crippen molar-refractivity contribution in [2.75, 3.05) is 33.5 Å². The van der Waals surface area contributed by atoms with Crippen LogP contribution in [-0.4, -0.2) is 51.8 Å². The molecule has 0 amide bonds. The zero-order valence-corrected chi connectivity index (χ0v) is 29.6. The Bertz CT molecular complexity index is 1410. The van der Waals surface area contributed by atoms with Crippen molar-refractivity contribution >= 4 is 35.1 Å². The standard InChI is InChI=1S/C22H26O4.C16H20O4.C3H8/c1-4-19-20-12-11-18(16-17(20)10-13-21(19)24-3)25-14-8-6-7-9-15-26-22(23)5-2;1-2-16(18)20-12-6-4-3-5-11-19-15-9-7-14(13-17)8-10-15;1-3-2/h4-5,10-13,16H,1-2,6-9,14-15H2,3H3;2,7-10,13H,1,3-6,11-12H2;3H2,1-2H3. The number of carbonyl (C=O) groups excluding carboxylic acids is 3. The van der Waals surface area contributed by atoms with Crippen molar-refractivity contribution in [2.24, 2.45) is 0 Å². The summed E-state index contributed by atoms with van der Waals surface area (Å²) in [5.74, 6) is 1.72. The molecule has 0 unspecified atom stereocenters. The summed E-state index contributed by atoms with van der Waals surface area (Å²) in [6, 6.07) is 17.1. The lowest BCUT2D eigenvalue weighted by Crippen LogP contribution is -2.02. The highest BCUT2D eigenvalue weighted by atomic mass is 16.5. The van der Waals surface area contributed by atoms with Gasteiger partial charge in [0.15, 0.2) is 0 Å². The van der Waals surface area contributed by atoms with Gasteiger partial charge in [0.25, 0.3) is 0 Å². The van der Waals surface area contributed by atoms with E-state index in [0.717, 1.165) is 91.2 Å². The fourth-order valence-electron chi connectivity index (χ4n) is 4.39. The highest BCUT2D eigenvalue weighted by Gasteiger charge is 2.06. The summed E-state index contributed by atoms with van der Waals surface area (Å²) >= 11 is 0. The summed E-state index contributed by atoms with van der Waals surface area (Å²) in [5, 5.41) is 2.20. The predicted molar refractivity (Wildman–Crippen MR) is 199 cm³/mol. The second-order valence-electron chi connectivity index (χ2n) is 10.9. The van der Waals surface area contributed by atoms with Crippen LogP contribution in [0.4, 0.5) is 0 Å². The van der Waals surface area contributed by atoms with E-state index < -0.39 is 0 Å². The van der Waals surface area contributed by atoms with E-state index in [1.807, 2.05) is 36.4 Å². The first kappa shape index (κ1) is 42.2. The molecule has 49 heavy (non-hydrogen) atoms. The average molecular weight is 675 g/mol. The van der Waals surface area contributed by atoms with E-state index in [0.29, 0.717) is 32.0 Å². The van der Waals surface area contributed by atoms with Crippen LogP contribution in [0.3, 0.4) is 0 Å². The quantitative estimate of drug-likeness (QED) is 0.0477. The van der Waals surface area contributed by atoms with Gasteiger partial charge < -0.3 is 23.7 Å². The van der Waals surface area contributed by atoms with Crippen LogP contribution >= 0.6 is 0 Å². The number of hydrogen-bond donors (Lipinski definition) is 0. The van der Waals surface area contributed by atoms with E-state index in [2.05, 4.69) is 33.6 Å². The minimum Gasteiger partial charge on any atom is -0.496 e. The van der Waals surface area contributed by atoms with Crippen LogP contribution in [-0.2, 0) is 19.1 Å². The summed E-state index contributed by atoms with van der Waals surface area (Å²) in [6.07, 6.45) is 13.9. The third kappa shape index (κ3) is 18.3. The largest absolute Gasteiger partial charge is 0.496 e. The maximum absolute atomic E-state index is 10.9. The van der Waals surface area contributed by atoms with Crippen molar-refractivity contribution in [3.8, 4) is 17.2 Å². The number of fused-ring (bicyclic) bond motifs is 1. The van der Waals surface area contributed by atoms with Crippen LogP contribution in [0.1, 0.15) is 87.6 Å². The topological polar surface area (TPSA) is 97.4 Å². The normalized spacial score (nSPS) is 9.86. The molecule has 0 bridgehead atoms. The van der Waals surface area contributed by atoms with Crippen LogP contribution in [0.2, 0.25) is 0 Å². The van der Waals surface area contributed by atoms with Crippen molar-refractivity contribution in [1.29, 1.82) is 0 Å². The van der Waals surface area contributed by atoms with Gasteiger partial charge in [-0.15, -0.1) is 0 Å². The highest BCUT2D eigenvalue weighted by Crippen LogP contribution is 2.31. The van der Waals surface area contributed by atoms with Crippen LogP contribution in [0.15, 0.2) is 86.5 Å². The number of ether oxygens (including phenoxy) is 5. The highest BCUT2D eigenvalue weighted by molar-refractivity contribution is 5.93. The fourth-order valence-corrected chi connectivity index (χ4v) is 4.39. The maximum atomic E-state index is 10.9. The summed E-state index contributed by atoms with van der Waals surface area (Å²) in [6.45, 7) is 17.0. The number of methoxy groups -OCH3 is 1. The van der Waals surface area contributed by atoms with Crippen molar-refractivity contribution in [2.45, 2.75) is 71.6 Å². The molecule has 3 aromatic rings. The second-order valence-corrected chi connectivity index (χ2v) is 10.9. The zero-order valence-electron chi connectivity index (χ0n) is 29.6. The molecule has 3 rings (SSSR count). The summed E-state index contributed by atoms with van der Waals surface area (Å²) in [7, 11) is 1.66. The third-order valence-electron chi connectivity index (χ3n) is 6.87. The van der Waals surface area contributed by atoms with Crippen molar-refractivity contribution in [3.05, 3.63) is 97.6 Å². The number of benzene rings is 3. The molecule has 0 N–H and O–H groups in total. The van der Waals surface area contributed by atoms with Crippen molar-refractivity contribution in [1.82, 2.24) is 0 Å². The van der Waals surface area contributed by atoms with Crippen LogP contribution < -0.4 is 14.2 Å². The van der Waals surface area contributed by atoms with Gasteiger partial charge in [0.05, 0.1) is 33.5 Å². The van der Waals surface area contributed by atoms with Gasteiger partial charge in [-0.2, -0.15) is 0 Å². The number of aldehydes is 1. The molecule has 8 nitrogen and oxygen atoms in total. The number of carbonyl (C=O) groups is 3. The molecule has 0 fully saturated rings. The molecule has 0 spiro atoms. The lowest BCUT2D eigenvalue weighted by molar-refractivity contribution is -0.138. The molecule has 0 aromatic heterocycles. The molecule has 8 heteroatoms. The Morgan fingerprint density at radius 1 is 0.653 bits per heavy atom. The first-order valence-electron chi connectivity index (χ1n) is 17.0. The lowest BCUT2D eigenvalue weighted by atomic mass is 10.0. The first-order valence-corrected chi connectivity index (χ1v) is 17.0. The minimum absolute atomic E-state index is 0.359. The Balaban J connectivity index is 0.000000467. The molecule has 0 radical (unpaired) electrons. The Labute approximate surface area is 292 Å². The van der Waals surface area contributed by atoms with Crippen LogP contribution in [0.5, 0.6) is 17.2 Å². The average Bonchev–Trinajstić information content (AvgIpc) is 3.13. The Morgan fingerprint density at radius 2 is 1.14 bits per heavy atom. The van der Waals surface area contributed by atoms with Crippen molar-refractivity contribution in [3.63, 3.8) is 0 Å². The summed E-state index contributed by atoms with van der Waals surface area (Å²) in [4.78, 5) is 32.2. The van der Waals surface area contributed by atoms with E-state index >= 15 is 0 Å². The monoisotopic (exact) mass is 674 g/mol. The van der Waals surface area contributed by atoms with E-state index in [-0.39, 0.29) is 11.9 Å². The van der Waals surface area contributed by atoms with Gasteiger partial charge in [-0.05, 0) is 111 Å². The second kappa shape index (κ2) is 27.1. The number of unbranched alkanes of at least 4 members (excludes halogenated alkanes) is 6. The van der Waals surface area contributed by atoms with Gasteiger partial charge in [-0.1, -0.05) is 52.1 Å². The van der Waals surface area contributed by atoms with E-state index in [9.17, 15) is 14.4 Å². The first-order chi connectivity index (χ1) is 23.9. The molecule has 266 valence electrons. The molecule has 0 heterocycles. The Kier molecular flexibility index (Phi) is 23.4. The van der Waals surface area contributed by atoms with Gasteiger partial charge in [-0.25, -0.2) is 9.59 Å². The maximum Gasteiger partial charge on any atom is 0.330 e. The van der Waals surface area contributed by atoms with Crippen molar-refractivity contribution < 1.29 is 38.1 Å². The van der Waals surface area contributed by atoms with Gasteiger partial charge in [0.2, 0.25) is 0 Å². The summed E-state index contributed by atoms with van der Waals surface area (Å²) in [5.41, 5.74) is 1.64. The molecule has 3 aromatic carbocycles. The van der Waals surface area contributed by atoms with E-state index in [1.54, 1.807) is 31.4 Å². The molecule has 0 saturated carbocycles. The van der Waals surface area contributed by atoms with Crippen LogP contribution in [0, 0.1) is 0 Å². The fraction of sp³-hybridized carbons (Fsp3) is 0.390. The third-order valence-corrected chi connectivity index (χ3v) is 6.87. The predicted octanol–water partition coefficient (Wildman–Crippen LogP) is 9.74. The van der Waals surface area contributed by atoms with E-state index in [4.69, 9.17) is 23.7 Å². The van der Waals surface area contributed by atoms with Gasteiger partial charge >= 0.3 is 11.9 Å². The zero-order chi connectivity index (χ0) is 36.1. The minimum atomic E-state index is -0.368. The lowest BCUT2D eigenvalue weighted by Gasteiger charge is -2.11. The Morgan fingerprint density at radius 3 is 1.61 bits per heavy atom. The van der Waals surface area contributed by atoms with Gasteiger partial charge in [0.1, 0.15) is 23.5 Å². The molecule has 0 aliphatic rings. The van der Waals surface area contributed by atoms with Crippen LogP contribution in [0.25, 0.3) is 16.8 Å². The molecule has 0 aliphatic carbocycles. The molecule has 0 saturated heterocycles. The number of esters is 2. The number of hydrogen-bond acceptors (Lipinski definition) is 8. The van der Waals surface area contributed by atoms with E-state index in [1.165, 1.54) is 18.6 Å². The Hall–Kier alpha value is -4.85. The van der Waals surface area contributed by atoms with Gasteiger partial charge in [-0.3, -0.25) is 4.79 Å². The number of rotatable bonds is 21. The molecule has 0 atom stereocenters.